The lowest BCUT2D eigenvalue weighted by Crippen LogP contribution is -2.38. The summed E-state index contributed by atoms with van der Waals surface area (Å²) in [5.41, 5.74) is 2.11. The van der Waals surface area contributed by atoms with Gasteiger partial charge >= 0.3 is 0 Å². The maximum Gasteiger partial charge on any atom is 0.231 e. The van der Waals surface area contributed by atoms with E-state index in [1.807, 2.05) is 31.2 Å². The standard InChI is InChI=1S/C20H25N3O3/c1-12-4-3-5-15(10-12)18-22-20(26-23-18)17-14-7-6-13(11-14)16(17)19(24)21-8-9-25-2/h3-5,10,13-14,16-17H,6-9,11H2,1-2H3,(H,21,24)/t13-,14+,16-,17-/m0/s1. The second-order valence-corrected chi connectivity index (χ2v) is 7.49. The van der Waals surface area contributed by atoms with Gasteiger partial charge < -0.3 is 14.6 Å². The van der Waals surface area contributed by atoms with E-state index < -0.39 is 0 Å². The number of benzene rings is 1. The summed E-state index contributed by atoms with van der Waals surface area (Å²) in [4.78, 5) is 17.4. The molecule has 6 heteroatoms. The summed E-state index contributed by atoms with van der Waals surface area (Å²) in [6.07, 6.45) is 3.33. The van der Waals surface area contributed by atoms with Gasteiger partial charge in [0.2, 0.25) is 17.6 Å². The fraction of sp³-hybridized carbons (Fsp3) is 0.550. The Bertz CT molecular complexity index is 788. The van der Waals surface area contributed by atoms with Gasteiger partial charge in [-0.25, -0.2) is 0 Å². The molecular formula is C20H25N3O3. The Morgan fingerprint density at radius 1 is 1.35 bits per heavy atom. The van der Waals surface area contributed by atoms with Gasteiger partial charge in [-0.05, 0) is 44.1 Å². The molecule has 2 aliphatic carbocycles. The third-order valence-electron chi connectivity index (χ3n) is 5.83. The second-order valence-electron chi connectivity index (χ2n) is 7.49. The number of methoxy groups -OCH3 is 1. The molecule has 1 aromatic heterocycles. The molecule has 2 bridgehead atoms. The van der Waals surface area contributed by atoms with Gasteiger partial charge in [-0.2, -0.15) is 4.98 Å². The van der Waals surface area contributed by atoms with Crippen LogP contribution in [-0.4, -0.2) is 36.3 Å². The van der Waals surface area contributed by atoms with Crippen LogP contribution in [0.3, 0.4) is 0 Å². The summed E-state index contributed by atoms with van der Waals surface area (Å²) >= 11 is 0. The lowest BCUT2D eigenvalue weighted by atomic mass is 9.78. The first-order chi connectivity index (χ1) is 12.7. The molecule has 0 spiro atoms. The number of amides is 1. The molecule has 2 saturated carbocycles. The van der Waals surface area contributed by atoms with E-state index in [1.54, 1.807) is 7.11 Å². The minimum atomic E-state index is -0.0728. The first kappa shape index (κ1) is 17.2. The van der Waals surface area contributed by atoms with E-state index in [-0.39, 0.29) is 17.7 Å². The number of nitrogens with zero attached hydrogens (tertiary/aromatic N) is 2. The van der Waals surface area contributed by atoms with Crippen molar-refractivity contribution in [1.82, 2.24) is 15.5 Å². The molecule has 0 aliphatic heterocycles. The number of carbonyl (C=O) groups excluding carboxylic acids is 1. The minimum absolute atomic E-state index is 0.0300. The highest BCUT2D eigenvalue weighted by molar-refractivity contribution is 5.80. The number of hydrogen-bond donors (Lipinski definition) is 1. The second kappa shape index (κ2) is 7.19. The van der Waals surface area contributed by atoms with Gasteiger partial charge in [-0.15, -0.1) is 0 Å². The van der Waals surface area contributed by atoms with E-state index >= 15 is 0 Å². The molecule has 4 atom stereocenters. The van der Waals surface area contributed by atoms with E-state index in [0.717, 1.165) is 30.4 Å². The first-order valence-electron chi connectivity index (χ1n) is 9.34. The highest BCUT2D eigenvalue weighted by Gasteiger charge is 2.53. The molecule has 0 unspecified atom stereocenters. The molecule has 2 aliphatic rings. The van der Waals surface area contributed by atoms with Crippen LogP contribution in [0.25, 0.3) is 11.4 Å². The average molecular weight is 355 g/mol. The number of aromatic nitrogens is 2. The highest BCUT2D eigenvalue weighted by atomic mass is 16.5. The van der Waals surface area contributed by atoms with Crippen LogP contribution < -0.4 is 5.32 Å². The van der Waals surface area contributed by atoms with Crippen molar-refractivity contribution in [3.05, 3.63) is 35.7 Å². The third kappa shape index (κ3) is 3.14. The SMILES string of the molecule is COCCNC(=O)[C@H]1[C@H]2CC[C@H](C2)[C@@H]1c1nc(-c2cccc(C)c2)no1. The van der Waals surface area contributed by atoms with Crippen molar-refractivity contribution in [2.24, 2.45) is 17.8 Å². The first-order valence-corrected chi connectivity index (χ1v) is 9.34. The van der Waals surface area contributed by atoms with Crippen molar-refractivity contribution < 1.29 is 14.1 Å². The predicted molar refractivity (Wildman–Crippen MR) is 96.4 cm³/mol. The fourth-order valence-corrected chi connectivity index (χ4v) is 4.69. The number of hydrogen-bond acceptors (Lipinski definition) is 5. The van der Waals surface area contributed by atoms with E-state index in [2.05, 4.69) is 15.5 Å². The summed E-state index contributed by atoms with van der Waals surface area (Å²) in [6, 6.07) is 8.06. The number of ether oxygens (including phenoxy) is 1. The Balaban J connectivity index is 1.56. The van der Waals surface area contributed by atoms with Gasteiger partial charge in [-0.3, -0.25) is 4.79 Å². The van der Waals surface area contributed by atoms with Crippen LogP contribution in [0.4, 0.5) is 0 Å². The molecule has 2 aromatic rings. The third-order valence-corrected chi connectivity index (χ3v) is 5.83. The Hall–Kier alpha value is -2.21. The average Bonchev–Trinajstić information content (AvgIpc) is 3.37. The molecule has 1 aromatic carbocycles. The quantitative estimate of drug-likeness (QED) is 0.806. The maximum absolute atomic E-state index is 12.8. The van der Waals surface area contributed by atoms with Crippen molar-refractivity contribution in [2.75, 3.05) is 20.3 Å². The Kier molecular flexibility index (Phi) is 4.76. The Morgan fingerprint density at radius 3 is 3.00 bits per heavy atom. The van der Waals surface area contributed by atoms with Crippen LogP contribution in [0.2, 0.25) is 0 Å². The van der Waals surface area contributed by atoms with Crippen molar-refractivity contribution in [2.45, 2.75) is 32.1 Å². The molecule has 4 rings (SSSR count). The lowest BCUT2D eigenvalue weighted by Gasteiger charge is -2.27. The normalized spacial score (nSPS) is 27.0. The molecule has 6 nitrogen and oxygen atoms in total. The molecule has 0 radical (unpaired) electrons. The molecule has 2 fully saturated rings. The fourth-order valence-electron chi connectivity index (χ4n) is 4.69. The smallest absolute Gasteiger partial charge is 0.231 e. The van der Waals surface area contributed by atoms with Crippen LogP contribution in [0, 0.1) is 24.7 Å². The number of carbonyl (C=O) groups is 1. The Morgan fingerprint density at radius 2 is 2.19 bits per heavy atom. The zero-order valence-electron chi connectivity index (χ0n) is 15.3. The van der Waals surface area contributed by atoms with Gasteiger partial charge in [0.05, 0.1) is 18.4 Å². The number of rotatable bonds is 6. The van der Waals surface area contributed by atoms with Crippen molar-refractivity contribution in [3.63, 3.8) is 0 Å². The van der Waals surface area contributed by atoms with Crippen molar-refractivity contribution >= 4 is 5.91 Å². The van der Waals surface area contributed by atoms with Gasteiger partial charge in [-0.1, -0.05) is 28.9 Å². The lowest BCUT2D eigenvalue weighted by molar-refractivity contribution is -0.127. The van der Waals surface area contributed by atoms with Crippen molar-refractivity contribution in [3.8, 4) is 11.4 Å². The largest absolute Gasteiger partial charge is 0.383 e. The Labute approximate surface area is 153 Å². The summed E-state index contributed by atoms with van der Waals surface area (Å²) in [5, 5.41) is 7.19. The van der Waals surface area contributed by atoms with E-state index in [4.69, 9.17) is 9.26 Å². The summed E-state index contributed by atoms with van der Waals surface area (Å²) in [5.74, 6) is 2.14. The van der Waals surface area contributed by atoms with Gasteiger partial charge in [0.1, 0.15) is 0 Å². The zero-order chi connectivity index (χ0) is 18.1. The topological polar surface area (TPSA) is 77.2 Å². The molecule has 1 N–H and O–H groups in total. The minimum Gasteiger partial charge on any atom is -0.383 e. The van der Waals surface area contributed by atoms with Gasteiger partial charge in [0, 0.05) is 19.2 Å². The van der Waals surface area contributed by atoms with Crippen LogP contribution in [0.5, 0.6) is 0 Å². The van der Waals surface area contributed by atoms with Crippen molar-refractivity contribution in [1.29, 1.82) is 0 Å². The summed E-state index contributed by atoms with van der Waals surface area (Å²) in [6.45, 7) is 3.10. The summed E-state index contributed by atoms with van der Waals surface area (Å²) < 4.78 is 10.7. The van der Waals surface area contributed by atoms with E-state index in [0.29, 0.717) is 36.7 Å². The number of aryl methyl sites for hydroxylation is 1. The molecule has 26 heavy (non-hydrogen) atoms. The zero-order valence-corrected chi connectivity index (χ0v) is 15.3. The van der Waals surface area contributed by atoms with Gasteiger partial charge in [0.25, 0.3) is 0 Å². The molecule has 1 amide bonds. The number of fused-ring (bicyclic) bond motifs is 2. The maximum atomic E-state index is 12.8. The molecule has 0 saturated heterocycles. The number of nitrogens with one attached hydrogen (secondary N) is 1. The van der Waals surface area contributed by atoms with Crippen LogP contribution in [0.1, 0.15) is 36.6 Å². The molecule has 138 valence electrons. The van der Waals surface area contributed by atoms with Crippen LogP contribution in [-0.2, 0) is 9.53 Å². The highest BCUT2D eigenvalue weighted by Crippen LogP contribution is 2.56. The predicted octanol–water partition coefficient (Wildman–Crippen LogP) is 2.94. The summed E-state index contributed by atoms with van der Waals surface area (Å²) in [7, 11) is 1.64. The van der Waals surface area contributed by atoms with Gasteiger partial charge in [0.15, 0.2) is 0 Å². The van der Waals surface area contributed by atoms with Crippen LogP contribution >= 0.6 is 0 Å². The monoisotopic (exact) mass is 355 g/mol. The molecular weight excluding hydrogens is 330 g/mol. The molecule has 1 heterocycles. The van der Waals surface area contributed by atoms with E-state index in [1.165, 1.54) is 0 Å². The van der Waals surface area contributed by atoms with E-state index in [9.17, 15) is 4.79 Å². The van der Waals surface area contributed by atoms with Crippen LogP contribution in [0.15, 0.2) is 28.8 Å².